The highest BCUT2D eigenvalue weighted by molar-refractivity contribution is 5.86. The average Bonchev–Trinajstić information content (AvgIpc) is 2.89. The number of fused-ring (bicyclic) bond motifs is 1. The number of aliphatic imine (C=N–C) groups is 1. The number of para-hydroxylation sites is 1. The molecule has 4 nitrogen and oxygen atoms in total. The van der Waals surface area contributed by atoms with Gasteiger partial charge in [-0.25, -0.2) is 0 Å². The van der Waals surface area contributed by atoms with Gasteiger partial charge in [0.25, 0.3) is 0 Å². The lowest BCUT2D eigenvalue weighted by molar-refractivity contribution is 0.795. The van der Waals surface area contributed by atoms with Crippen LogP contribution < -0.4 is 10.6 Å². The maximum Gasteiger partial charge on any atom is 0.191 e. The molecule has 4 heteroatoms. The van der Waals surface area contributed by atoms with Crippen LogP contribution in [-0.4, -0.2) is 30.6 Å². The van der Waals surface area contributed by atoms with Crippen LogP contribution in [0.1, 0.15) is 31.4 Å². The van der Waals surface area contributed by atoms with Gasteiger partial charge in [-0.15, -0.1) is 0 Å². The minimum absolute atomic E-state index is 0.863. The van der Waals surface area contributed by atoms with Gasteiger partial charge in [-0.2, -0.15) is 0 Å². The van der Waals surface area contributed by atoms with E-state index < -0.39 is 0 Å². The quantitative estimate of drug-likeness (QED) is 0.565. The van der Waals surface area contributed by atoms with Crippen LogP contribution in [0.25, 0.3) is 10.9 Å². The standard InChI is InChI=1S/C17H26N4/c1-4-10-19-17(18-5-2)20-11-9-14-12-21-16-13(3)7-6-8-15(14)16/h6-8,12,21H,4-5,9-11H2,1-3H3,(H2,18,19,20). The Hall–Kier alpha value is -1.97. The first-order valence-corrected chi connectivity index (χ1v) is 7.84. The summed E-state index contributed by atoms with van der Waals surface area (Å²) < 4.78 is 0. The van der Waals surface area contributed by atoms with Gasteiger partial charge in [0.1, 0.15) is 0 Å². The molecule has 1 aromatic heterocycles. The summed E-state index contributed by atoms with van der Waals surface area (Å²) in [6, 6.07) is 6.45. The largest absolute Gasteiger partial charge is 0.361 e. The summed E-state index contributed by atoms with van der Waals surface area (Å²) in [6.07, 6.45) is 4.17. The molecule has 3 N–H and O–H groups in total. The topological polar surface area (TPSA) is 52.2 Å². The van der Waals surface area contributed by atoms with Crippen LogP contribution in [0.3, 0.4) is 0 Å². The molecular formula is C17H26N4. The van der Waals surface area contributed by atoms with Gasteiger partial charge < -0.3 is 15.6 Å². The van der Waals surface area contributed by atoms with E-state index >= 15 is 0 Å². The fraction of sp³-hybridized carbons (Fsp3) is 0.471. The maximum atomic E-state index is 4.51. The molecule has 0 unspecified atom stereocenters. The Morgan fingerprint density at radius 2 is 2.10 bits per heavy atom. The van der Waals surface area contributed by atoms with E-state index in [2.05, 4.69) is 65.8 Å². The minimum atomic E-state index is 0.863. The Bertz CT molecular complexity index is 598. The Morgan fingerprint density at radius 3 is 2.86 bits per heavy atom. The molecule has 0 saturated heterocycles. The van der Waals surface area contributed by atoms with Crippen molar-refractivity contribution in [1.29, 1.82) is 0 Å². The molecule has 0 spiro atoms. The maximum absolute atomic E-state index is 4.51. The van der Waals surface area contributed by atoms with Crippen LogP contribution in [0.15, 0.2) is 29.4 Å². The van der Waals surface area contributed by atoms with Gasteiger partial charge in [0.15, 0.2) is 5.96 Å². The molecule has 114 valence electrons. The summed E-state index contributed by atoms with van der Waals surface area (Å²) in [4.78, 5) is 7.89. The lowest BCUT2D eigenvalue weighted by Gasteiger charge is -2.10. The van der Waals surface area contributed by atoms with Crippen molar-refractivity contribution in [2.24, 2.45) is 4.99 Å². The Morgan fingerprint density at radius 1 is 1.24 bits per heavy atom. The fourth-order valence-electron chi connectivity index (χ4n) is 2.45. The first-order chi connectivity index (χ1) is 10.3. The van der Waals surface area contributed by atoms with Crippen molar-refractivity contribution < 1.29 is 0 Å². The molecule has 0 amide bonds. The van der Waals surface area contributed by atoms with E-state index in [1.54, 1.807) is 0 Å². The molecule has 0 bridgehead atoms. The normalized spacial score (nSPS) is 11.9. The van der Waals surface area contributed by atoms with Crippen LogP contribution in [0.5, 0.6) is 0 Å². The molecule has 1 heterocycles. The minimum Gasteiger partial charge on any atom is -0.361 e. The number of hydrogen-bond donors (Lipinski definition) is 3. The summed E-state index contributed by atoms with van der Waals surface area (Å²) in [5.74, 6) is 0.912. The van der Waals surface area contributed by atoms with Crippen molar-refractivity contribution in [3.63, 3.8) is 0 Å². The average molecular weight is 286 g/mol. The van der Waals surface area contributed by atoms with Crippen LogP contribution in [-0.2, 0) is 6.42 Å². The molecule has 0 fully saturated rings. The number of rotatable bonds is 6. The second-order valence-electron chi connectivity index (χ2n) is 5.25. The zero-order valence-corrected chi connectivity index (χ0v) is 13.3. The van der Waals surface area contributed by atoms with Crippen molar-refractivity contribution in [2.75, 3.05) is 19.6 Å². The van der Waals surface area contributed by atoms with E-state index in [1.165, 1.54) is 22.0 Å². The number of benzene rings is 1. The van der Waals surface area contributed by atoms with Crippen LogP contribution in [0, 0.1) is 6.92 Å². The third-order valence-electron chi connectivity index (χ3n) is 3.53. The molecular weight excluding hydrogens is 260 g/mol. The number of H-pyrrole nitrogens is 1. The van der Waals surface area contributed by atoms with E-state index in [-0.39, 0.29) is 0 Å². The van der Waals surface area contributed by atoms with E-state index in [1.807, 2.05) is 0 Å². The SMILES string of the molecule is CCCN=C(NCC)NCCc1c[nH]c2c(C)cccc12. The summed E-state index contributed by atoms with van der Waals surface area (Å²) >= 11 is 0. The number of aromatic nitrogens is 1. The Labute approximate surface area is 127 Å². The van der Waals surface area contributed by atoms with Gasteiger partial charge in [-0.1, -0.05) is 25.1 Å². The van der Waals surface area contributed by atoms with Gasteiger partial charge in [0.05, 0.1) is 0 Å². The number of aryl methyl sites for hydroxylation is 1. The van der Waals surface area contributed by atoms with Crippen molar-refractivity contribution in [3.8, 4) is 0 Å². The summed E-state index contributed by atoms with van der Waals surface area (Å²) in [5, 5.41) is 8.00. The Balaban J connectivity index is 1.97. The third kappa shape index (κ3) is 4.00. The number of nitrogens with one attached hydrogen (secondary N) is 3. The number of nitrogens with zero attached hydrogens (tertiary/aromatic N) is 1. The van der Waals surface area contributed by atoms with Crippen molar-refractivity contribution in [1.82, 2.24) is 15.6 Å². The first-order valence-electron chi connectivity index (χ1n) is 7.84. The van der Waals surface area contributed by atoms with E-state index in [0.717, 1.165) is 38.4 Å². The molecule has 0 radical (unpaired) electrons. The molecule has 1 aromatic carbocycles. The molecule has 0 aliphatic carbocycles. The summed E-state index contributed by atoms with van der Waals surface area (Å²) in [5.41, 5.74) is 3.90. The van der Waals surface area contributed by atoms with Gasteiger partial charge in [-0.3, -0.25) is 4.99 Å². The van der Waals surface area contributed by atoms with Crippen molar-refractivity contribution >= 4 is 16.9 Å². The van der Waals surface area contributed by atoms with Crippen LogP contribution in [0.4, 0.5) is 0 Å². The summed E-state index contributed by atoms with van der Waals surface area (Å²) in [7, 11) is 0. The smallest absolute Gasteiger partial charge is 0.191 e. The lowest BCUT2D eigenvalue weighted by atomic mass is 10.1. The fourth-order valence-corrected chi connectivity index (χ4v) is 2.45. The lowest BCUT2D eigenvalue weighted by Crippen LogP contribution is -2.38. The number of guanidine groups is 1. The molecule has 0 saturated carbocycles. The first kappa shape index (κ1) is 15.4. The Kier molecular flexibility index (Phi) is 5.67. The molecule has 2 rings (SSSR count). The highest BCUT2D eigenvalue weighted by Crippen LogP contribution is 2.21. The van der Waals surface area contributed by atoms with E-state index in [4.69, 9.17) is 0 Å². The zero-order chi connectivity index (χ0) is 15.1. The van der Waals surface area contributed by atoms with Gasteiger partial charge in [0.2, 0.25) is 0 Å². The third-order valence-corrected chi connectivity index (χ3v) is 3.53. The van der Waals surface area contributed by atoms with Crippen molar-refractivity contribution in [3.05, 3.63) is 35.5 Å². The van der Waals surface area contributed by atoms with E-state index in [9.17, 15) is 0 Å². The predicted molar refractivity (Wildman–Crippen MR) is 91.0 cm³/mol. The number of aromatic amines is 1. The van der Waals surface area contributed by atoms with Gasteiger partial charge in [0, 0.05) is 36.7 Å². The molecule has 0 atom stereocenters. The molecule has 0 aliphatic rings. The van der Waals surface area contributed by atoms with Crippen LogP contribution >= 0.6 is 0 Å². The van der Waals surface area contributed by atoms with Crippen molar-refractivity contribution in [2.45, 2.75) is 33.6 Å². The van der Waals surface area contributed by atoms with E-state index in [0.29, 0.717) is 0 Å². The summed E-state index contributed by atoms with van der Waals surface area (Å²) in [6.45, 7) is 9.01. The highest BCUT2D eigenvalue weighted by atomic mass is 15.2. The second kappa shape index (κ2) is 7.72. The van der Waals surface area contributed by atoms with Gasteiger partial charge in [-0.05, 0) is 37.8 Å². The molecule has 2 aromatic rings. The number of hydrogen-bond acceptors (Lipinski definition) is 1. The highest BCUT2D eigenvalue weighted by Gasteiger charge is 2.05. The molecule has 21 heavy (non-hydrogen) atoms. The van der Waals surface area contributed by atoms with Crippen LogP contribution in [0.2, 0.25) is 0 Å². The molecule has 0 aliphatic heterocycles. The monoisotopic (exact) mass is 286 g/mol. The van der Waals surface area contributed by atoms with Gasteiger partial charge >= 0.3 is 0 Å². The zero-order valence-electron chi connectivity index (χ0n) is 13.3. The second-order valence-corrected chi connectivity index (χ2v) is 5.25. The predicted octanol–water partition coefficient (Wildman–Crippen LogP) is 2.98.